The van der Waals surface area contributed by atoms with E-state index < -0.39 is 0 Å². The Kier molecular flexibility index (Phi) is 7.99. The molecule has 0 atom stereocenters. The van der Waals surface area contributed by atoms with E-state index >= 15 is 0 Å². The number of methoxy groups -OCH3 is 1. The molecule has 0 aromatic heterocycles. The number of ether oxygens (including phenoxy) is 1. The van der Waals surface area contributed by atoms with Gasteiger partial charge in [0, 0.05) is 24.8 Å². The van der Waals surface area contributed by atoms with E-state index in [2.05, 4.69) is 17.3 Å². The fourth-order valence-corrected chi connectivity index (χ4v) is 4.33. The molecule has 0 saturated heterocycles. The molecule has 0 bridgehead atoms. The number of hydrogen-bond donors (Lipinski definition) is 1. The first-order valence-electron chi connectivity index (χ1n) is 10.1. The van der Waals surface area contributed by atoms with Crippen molar-refractivity contribution in [3.63, 3.8) is 0 Å². The van der Waals surface area contributed by atoms with Crippen LogP contribution in [0.3, 0.4) is 0 Å². The summed E-state index contributed by atoms with van der Waals surface area (Å²) in [4.78, 5) is 19.6. The van der Waals surface area contributed by atoms with Crippen LogP contribution in [0.2, 0.25) is 0 Å². The van der Waals surface area contributed by atoms with Gasteiger partial charge in [-0.3, -0.25) is 4.79 Å². The number of nitrogens with zero attached hydrogens (tertiary/aromatic N) is 2. The molecule has 1 fully saturated rings. The second-order valence-corrected chi connectivity index (χ2v) is 8.14. The zero-order valence-corrected chi connectivity index (χ0v) is 18.0. The van der Waals surface area contributed by atoms with Gasteiger partial charge in [-0.25, -0.2) is 4.99 Å². The lowest BCUT2D eigenvalue weighted by Gasteiger charge is -2.33. The zero-order valence-electron chi connectivity index (χ0n) is 17.1. The van der Waals surface area contributed by atoms with Gasteiger partial charge in [-0.2, -0.15) is 0 Å². The van der Waals surface area contributed by atoms with Crippen molar-refractivity contribution in [1.29, 1.82) is 0 Å². The third-order valence-corrected chi connectivity index (χ3v) is 6.13. The van der Waals surface area contributed by atoms with Gasteiger partial charge >= 0.3 is 0 Å². The minimum Gasteiger partial charge on any atom is -0.497 e. The van der Waals surface area contributed by atoms with E-state index in [0.717, 1.165) is 22.3 Å². The summed E-state index contributed by atoms with van der Waals surface area (Å²) in [5.41, 5.74) is 1.64. The summed E-state index contributed by atoms with van der Waals surface area (Å²) in [5.74, 6) is 0.972. The molecule has 2 aromatic rings. The summed E-state index contributed by atoms with van der Waals surface area (Å²) in [5, 5.41) is 3.83. The lowest BCUT2D eigenvalue weighted by Crippen LogP contribution is -2.37. The van der Waals surface area contributed by atoms with Crippen molar-refractivity contribution >= 4 is 34.2 Å². The largest absolute Gasteiger partial charge is 0.497 e. The predicted octanol–water partition coefficient (Wildman–Crippen LogP) is 5.32. The molecular weight excluding hydrogens is 382 g/mol. The maximum Gasteiger partial charge on any atom is 0.234 e. The smallest absolute Gasteiger partial charge is 0.234 e. The van der Waals surface area contributed by atoms with Crippen LogP contribution in [0.4, 0.5) is 11.4 Å². The number of rotatable bonds is 6. The summed E-state index contributed by atoms with van der Waals surface area (Å²) in [6.45, 7) is 0. The number of thioether (sulfide) groups is 1. The number of amides is 1. The summed E-state index contributed by atoms with van der Waals surface area (Å²) in [6, 6.07) is 17.8. The Morgan fingerprint density at radius 1 is 1.14 bits per heavy atom. The number of hydrogen-bond acceptors (Lipinski definition) is 4. The molecule has 1 amide bonds. The van der Waals surface area contributed by atoms with Crippen LogP contribution in [0.15, 0.2) is 59.6 Å². The van der Waals surface area contributed by atoms with Crippen LogP contribution in [0, 0.1) is 0 Å². The first-order valence-corrected chi connectivity index (χ1v) is 11.1. The van der Waals surface area contributed by atoms with Gasteiger partial charge in [0.1, 0.15) is 5.75 Å². The molecule has 3 rings (SSSR count). The molecule has 0 unspecified atom stereocenters. The van der Waals surface area contributed by atoms with E-state index in [9.17, 15) is 4.79 Å². The highest BCUT2D eigenvalue weighted by atomic mass is 32.2. The van der Waals surface area contributed by atoms with Crippen LogP contribution < -0.4 is 10.1 Å². The van der Waals surface area contributed by atoms with E-state index in [1.807, 2.05) is 54.6 Å². The molecule has 29 heavy (non-hydrogen) atoms. The van der Waals surface area contributed by atoms with Gasteiger partial charge in [-0.15, -0.1) is 0 Å². The quantitative estimate of drug-likeness (QED) is 0.516. The van der Waals surface area contributed by atoms with Gasteiger partial charge in [0.25, 0.3) is 0 Å². The van der Waals surface area contributed by atoms with Crippen LogP contribution >= 0.6 is 11.8 Å². The van der Waals surface area contributed by atoms with Crippen molar-refractivity contribution in [2.24, 2.45) is 4.99 Å². The van der Waals surface area contributed by atoms with Crippen molar-refractivity contribution in [2.45, 2.75) is 38.1 Å². The molecule has 1 saturated carbocycles. The number of carbonyl (C=O) groups excluding carboxylic acids is 1. The molecule has 0 heterocycles. The number of aliphatic imine (C=N–C) groups is 1. The monoisotopic (exact) mass is 411 g/mol. The van der Waals surface area contributed by atoms with Gasteiger partial charge in [-0.1, -0.05) is 55.3 Å². The summed E-state index contributed by atoms with van der Waals surface area (Å²) >= 11 is 1.49. The highest BCUT2D eigenvalue weighted by Crippen LogP contribution is 2.26. The Labute approximate surface area is 177 Å². The van der Waals surface area contributed by atoms with E-state index in [-0.39, 0.29) is 5.91 Å². The lowest BCUT2D eigenvalue weighted by atomic mass is 9.95. The van der Waals surface area contributed by atoms with Crippen molar-refractivity contribution in [2.75, 3.05) is 25.2 Å². The number of carbonyl (C=O) groups is 1. The van der Waals surface area contributed by atoms with Crippen LogP contribution in [0.1, 0.15) is 32.1 Å². The van der Waals surface area contributed by atoms with E-state index in [0.29, 0.717) is 11.8 Å². The molecule has 1 N–H and O–H groups in total. The van der Waals surface area contributed by atoms with Crippen LogP contribution in [0.25, 0.3) is 0 Å². The average Bonchev–Trinajstić information content (AvgIpc) is 2.77. The molecule has 2 aromatic carbocycles. The minimum atomic E-state index is -0.0546. The second-order valence-electron chi connectivity index (χ2n) is 7.20. The first kappa shape index (κ1) is 21.2. The van der Waals surface area contributed by atoms with E-state index in [4.69, 9.17) is 9.73 Å². The normalized spacial score (nSPS) is 15.0. The topological polar surface area (TPSA) is 53.9 Å². The molecule has 1 aliphatic carbocycles. The molecule has 1 aliphatic rings. The average molecular weight is 412 g/mol. The summed E-state index contributed by atoms with van der Waals surface area (Å²) in [6.07, 6.45) is 6.19. The predicted molar refractivity (Wildman–Crippen MR) is 122 cm³/mol. The van der Waals surface area contributed by atoms with Crippen LogP contribution in [-0.2, 0) is 4.79 Å². The molecule has 0 aliphatic heterocycles. The van der Waals surface area contributed by atoms with Crippen LogP contribution in [-0.4, -0.2) is 41.9 Å². The van der Waals surface area contributed by atoms with Crippen molar-refractivity contribution in [1.82, 2.24) is 4.90 Å². The Balaban J connectivity index is 1.67. The van der Waals surface area contributed by atoms with Gasteiger partial charge in [0.2, 0.25) is 5.91 Å². The molecule has 154 valence electrons. The van der Waals surface area contributed by atoms with Crippen molar-refractivity contribution in [3.8, 4) is 5.75 Å². The maximum absolute atomic E-state index is 12.5. The minimum absolute atomic E-state index is 0.0546. The standard InChI is InChI=1S/C23H29N3O2S/c1-26(20-13-7-4-8-14-20)23(25-18-10-5-3-6-11-18)29-17-22(27)24-19-12-9-15-21(16-19)28-2/h3,5-6,9-12,15-16,20H,4,7-8,13-14,17H2,1-2H3,(H,24,27). The highest BCUT2D eigenvalue weighted by molar-refractivity contribution is 8.14. The maximum atomic E-state index is 12.5. The fourth-order valence-electron chi connectivity index (χ4n) is 3.48. The Morgan fingerprint density at radius 3 is 2.62 bits per heavy atom. The van der Waals surface area contributed by atoms with Crippen molar-refractivity contribution < 1.29 is 9.53 Å². The SMILES string of the molecule is COc1cccc(NC(=O)CSC(=Nc2ccccc2)N(C)C2CCCCC2)c1. The van der Waals surface area contributed by atoms with Gasteiger partial charge in [-0.05, 0) is 37.1 Å². The first-order chi connectivity index (χ1) is 14.2. The number of anilines is 1. The third kappa shape index (κ3) is 6.53. The van der Waals surface area contributed by atoms with E-state index in [1.165, 1.54) is 43.9 Å². The van der Waals surface area contributed by atoms with E-state index in [1.54, 1.807) is 7.11 Å². The highest BCUT2D eigenvalue weighted by Gasteiger charge is 2.22. The zero-order chi connectivity index (χ0) is 20.5. The molecular formula is C23H29N3O2S. The summed E-state index contributed by atoms with van der Waals surface area (Å²) in [7, 11) is 3.72. The molecule has 0 radical (unpaired) electrons. The summed E-state index contributed by atoms with van der Waals surface area (Å²) < 4.78 is 5.22. The third-order valence-electron chi connectivity index (χ3n) is 5.09. The Bertz CT molecular complexity index is 820. The fraction of sp³-hybridized carbons (Fsp3) is 0.391. The second kappa shape index (κ2) is 10.9. The van der Waals surface area contributed by atoms with Gasteiger partial charge in [0.05, 0.1) is 18.6 Å². The molecule has 5 nitrogen and oxygen atoms in total. The number of para-hydroxylation sites is 1. The number of benzene rings is 2. The molecule has 6 heteroatoms. The van der Waals surface area contributed by atoms with Gasteiger partial charge in [0.15, 0.2) is 5.17 Å². The lowest BCUT2D eigenvalue weighted by molar-refractivity contribution is -0.113. The van der Waals surface area contributed by atoms with Crippen molar-refractivity contribution in [3.05, 3.63) is 54.6 Å². The van der Waals surface area contributed by atoms with Crippen LogP contribution in [0.5, 0.6) is 5.75 Å². The number of amidine groups is 1. The Hall–Kier alpha value is -2.47. The number of nitrogens with one attached hydrogen (secondary N) is 1. The Morgan fingerprint density at radius 2 is 1.90 bits per heavy atom. The molecule has 0 spiro atoms. The van der Waals surface area contributed by atoms with Gasteiger partial charge < -0.3 is 15.0 Å².